The molecule has 0 fully saturated rings. The van der Waals surface area contributed by atoms with Crippen LogP contribution in [0.15, 0.2) is 42.5 Å². The van der Waals surface area contributed by atoms with Crippen LogP contribution in [0.2, 0.25) is 5.02 Å². The van der Waals surface area contributed by atoms with Crippen molar-refractivity contribution in [1.29, 1.82) is 0 Å². The Hall–Kier alpha value is -2.11. The molecule has 0 saturated carbocycles. The van der Waals surface area contributed by atoms with E-state index in [4.69, 9.17) is 22.1 Å². The van der Waals surface area contributed by atoms with Gasteiger partial charge in [0.15, 0.2) is 0 Å². The maximum absolute atomic E-state index is 10.8. The minimum Gasteiger partial charge on any atom is -0.393 e. The summed E-state index contributed by atoms with van der Waals surface area (Å²) in [5.41, 5.74) is 7.22. The van der Waals surface area contributed by atoms with E-state index < -0.39 is 4.92 Å². The van der Waals surface area contributed by atoms with Crippen molar-refractivity contribution in [2.24, 2.45) is 0 Å². The lowest BCUT2D eigenvalue weighted by Gasteiger charge is -2.06. The molecule has 2 rings (SSSR count). The van der Waals surface area contributed by atoms with Crippen molar-refractivity contribution in [2.75, 3.05) is 5.73 Å². The van der Waals surface area contributed by atoms with Gasteiger partial charge in [-0.25, -0.2) is 0 Å². The predicted octanol–water partition coefficient (Wildman–Crippen LogP) is 3.55. The standard InChI is InChI=1S/C14H13ClN2O3/c15-12-3-1-2-10(6-12)8-20-9-11-4-5-13(16)14(7-11)17(18)19/h1-7H,8-9,16H2. The van der Waals surface area contributed by atoms with Gasteiger partial charge in [0.25, 0.3) is 5.69 Å². The lowest BCUT2D eigenvalue weighted by atomic mass is 10.2. The van der Waals surface area contributed by atoms with Gasteiger partial charge in [0.2, 0.25) is 0 Å². The number of rotatable bonds is 5. The summed E-state index contributed by atoms with van der Waals surface area (Å²) < 4.78 is 5.51. The average molecular weight is 293 g/mol. The van der Waals surface area contributed by atoms with Crippen LogP contribution < -0.4 is 5.73 Å². The van der Waals surface area contributed by atoms with Crippen molar-refractivity contribution < 1.29 is 9.66 Å². The molecule has 0 atom stereocenters. The number of hydrogen-bond acceptors (Lipinski definition) is 4. The minimum absolute atomic E-state index is 0.103. The van der Waals surface area contributed by atoms with Gasteiger partial charge in [-0.05, 0) is 29.3 Å². The third-order valence-electron chi connectivity index (χ3n) is 2.72. The van der Waals surface area contributed by atoms with Crippen LogP contribution in [0.3, 0.4) is 0 Å². The predicted molar refractivity (Wildman–Crippen MR) is 77.5 cm³/mol. The van der Waals surface area contributed by atoms with Crippen molar-refractivity contribution in [2.45, 2.75) is 13.2 Å². The summed E-state index contributed by atoms with van der Waals surface area (Å²) in [6.07, 6.45) is 0. The zero-order valence-corrected chi connectivity index (χ0v) is 11.3. The molecule has 0 spiro atoms. The van der Waals surface area contributed by atoms with Crippen molar-refractivity contribution in [3.05, 3.63) is 68.7 Å². The highest BCUT2D eigenvalue weighted by Crippen LogP contribution is 2.23. The second kappa shape index (κ2) is 6.36. The fourth-order valence-electron chi connectivity index (χ4n) is 1.75. The first-order valence-electron chi connectivity index (χ1n) is 5.91. The number of benzene rings is 2. The molecular weight excluding hydrogens is 280 g/mol. The molecule has 0 bridgehead atoms. The summed E-state index contributed by atoms with van der Waals surface area (Å²) in [6, 6.07) is 12.0. The zero-order chi connectivity index (χ0) is 14.5. The molecule has 6 heteroatoms. The van der Waals surface area contributed by atoms with Crippen LogP contribution in [0.25, 0.3) is 0 Å². The molecular formula is C14H13ClN2O3. The van der Waals surface area contributed by atoms with Crippen LogP contribution in [-0.2, 0) is 18.0 Å². The van der Waals surface area contributed by atoms with E-state index in [0.29, 0.717) is 17.2 Å². The molecule has 0 radical (unpaired) electrons. The number of hydrogen-bond donors (Lipinski definition) is 1. The van der Waals surface area contributed by atoms with Gasteiger partial charge in [0.1, 0.15) is 5.69 Å². The Morgan fingerprint density at radius 1 is 1.15 bits per heavy atom. The normalized spacial score (nSPS) is 10.4. The number of anilines is 1. The number of nitro groups is 1. The van der Waals surface area contributed by atoms with Gasteiger partial charge in [-0.3, -0.25) is 10.1 Å². The van der Waals surface area contributed by atoms with E-state index in [2.05, 4.69) is 0 Å². The van der Waals surface area contributed by atoms with Crippen LogP contribution >= 0.6 is 11.6 Å². The number of halogens is 1. The van der Waals surface area contributed by atoms with E-state index in [1.165, 1.54) is 12.1 Å². The SMILES string of the molecule is Nc1ccc(COCc2cccc(Cl)c2)cc1[N+](=O)[O-]. The van der Waals surface area contributed by atoms with Gasteiger partial charge in [-0.2, -0.15) is 0 Å². The molecule has 0 unspecified atom stereocenters. The molecule has 104 valence electrons. The number of nitrogen functional groups attached to an aromatic ring is 1. The van der Waals surface area contributed by atoms with E-state index >= 15 is 0 Å². The number of nitrogens with two attached hydrogens (primary N) is 1. The van der Waals surface area contributed by atoms with Gasteiger partial charge in [0.05, 0.1) is 18.1 Å². The number of ether oxygens (including phenoxy) is 1. The summed E-state index contributed by atoms with van der Waals surface area (Å²) in [5, 5.41) is 11.4. The van der Waals surface area contributed by atoms with E-state index in [-0.39, 0.29) is 18.0 Å². The van der Waals surface area contributed by atoms with Crippen LogP contribution in [0.5, 0.6) is 0 Å². The third-order valence-corrected chi connectivity index (χ3v) is 2.95. The molecule has 0 aliphatic carbocycles. The maximum atomic E-state index is 10.8. The molecule has 0 aliphatic heterocycles. The smallest absolute Gasteiger partial charge is 0.292 e. The van der Waals surface area contributed by atoms with Gasteiger partial charge in [-0.15, -0.1) is 0 Å². The maximum Gasteiger partial charge on any atom is 0.292 e. The third kappa shape index (κ3) is 3.69. The van der Waals surface area contributed by atoms with E-state index in [1.807, 2.05) is 18.2 Å². The Balaban J connectivity index is 1.97. The van der Waals surface area contributed by atoms with Crippen molar-refractivity contribution in [3.8, 4) is 0 Å². The van der Waals surface area contributed by atoms with Gasteiger partial charge in [-0.1, -0.05) is 29.8 Å². The molecule has 0 aliphatic rings. The second-order valence-corrected chi connectivity index (χ2v) is 4.71. The summed E-state index contributed by atoms with van der Waals surface area (Å²) in [5.74, 6) is 0. The molecule has 0 aromatic heterocycles. The molecule has 0 saturated heterocycles. The zero-order valence-electron chi connectivity index (χ0n) is 10.6. The van der Waals surface area contributed by atoms with E-state index in [9.17, 15) is 10.1 Å². The topological polar surface area (TPSA) is 78.4 Å². The molecule has 2 aromatic carbocycles. The molecule has 5 nitrogen and oxygen atoms in total. The molecule has 20 heavy (non-hydrogen) atoms. The van der Waals surface area contributed by atoms with E-state index in [0.717, 1.165) is 5.56 Å². The highest BCUT2D eigenvalue weighted by atomic mass is 35.5. The Bertz CT molecular complexity index is 632. The first-order valence-corrected chi connectivity index (χ1v) is 6.29. The van der Waals surface area contributed by atoms with Gasteiger partial charge < -0.3 is 10.5 Å². The summed E-state index contributed by atoms with van der Waals surface area (Å²) in [7, 11) is 0. The van der Waals surface area contributed by atoms with Gasteiger partial charge in [0, 0.05) is 11.1 Å². The highest BCUT2D eigenvalue weighted by Gasteiger charge is 2.11. The van der Waals surface area contributed by atoms with Crippen LogP contribution in [0.4, 0.5) is 11.4 Å². The van der Waals surface area contributed by atoms with Crippen molar-refractivity contribution in [1.82, 2.24) is 0 Å². The number of nitrogens with zero attached hydrogens (tertiary/aromatic N) is 1. The van der Waals surface area contributed by atoms with Crippen molar-refractivity contribution >= 4 is 23.0 Å². The lowest BCUT2D eigenvalue weighted by molar-refractivity contribution is -0.384. The fourth-order valence-corrected chi connectivity index (χ4v) is 1.96. The first kappa shape index (κ1) is 14.3. The monoisotopic (exact) mass is 292 g/mol. The fraction of sp³-hybridized carbons (Fsp3) is 0.143. The van der Waals surface area contributed by atoms with Crippen LogP contribution in [0.1, 0.15) is 11.1 Å². The average Bonchev–Trinajstić information content (AvgIpc) is 2.40. The first-order chi connectivity index (χ1) is 9.56. The van der Waals surface area contributed by atoms with Crippen LogP contribution in [-0.4, -0.2) is 4.92 Å². The minimum atomic E-state index is -0.504. The second-order valence-electron chi connectivity index (χ2n) is 4.27. The van der Waals surface area contributed by atoms with Gasteiger partial charge >= 0.3 is 0 Å². The highest BCUT2D eigenvalue weighted by molar-refractivity contribution is 6.30. The Morgan fingerprint density at radius 3 is 2.50 bits per heavy atom. The quantitative estimate of drug-likeness (QED) is 0.519. The van der Waals surface area contributed by atoms with Crippen molar-refractivity contribution in [3.63, 3.8) is 0 Å². The molecule has 0 amide bonds. The summed E-state index contributed by atoms with van der Waals surface area (Å²) in [6.45, 7) is 0.659. The number of nitro benzene ring substituents is 1. The summed E-state index contributed by atoms with van der Waals surface area (Å²) in [4.78, 5) is 10.3. The Morgan fingerprint density at radius 2 is 1.85 bits per heavy atom. The Labute approximate surface area is 121 Å². The molecule has 2 aromatic rings. The lowest BCUT2D eigenvalue weighted by Crippen LogP contribution is -1.99. The summed E-state index contributed by atoms with van der Waals surface area (Å²) >= 11 is 5.87. The van der Waals surface area contributed by atoms with Crippen LogP contribution in [0, 0.1) is 10.1 Å². The molecule has 0 heterocycles. The molecule has 2 N–H and O–H groups in total. The van der Waals surface area contributed by atoms with E-state index in [1.54, 1.807) is 12.1 Å². The largest absolute Gasteiger partial charge is 0.393 e. The Kier molecular flexibility index (Phi) is 4.55.